The third kappa shape index (κ3) is 4.18. The lowest BCUT2D eigenvalue weighted by atomic mass is 10.1. The Morgan fingerprint density at radius 2 is 1.88 bits per heavy atom. The molecule has 1 unspecified atom stereocenters. The van der Waals surface area contributed by atoms with E-state index in [9.17, 15) is 9.59 Å². The largest absolute Gasteiger partial charge is 0.496 e. The van der Waals surface area contributed by atoms with Gasteiger partial charge in [-0.2, -0.15) is 0 Å². The summed E-state index contributed by atoms with van der Waals surface area (Å²) < 4.78 is 5.27. The summed E-state index contributed by atoms with van der Waals surface area (Å²) in [5.41, 5.74) is 1.77. The van der Waals surface area contributed by atoms with E-state index in [1.54, 1.807) is 12.0 Å². The minimum absolute atomic E-state index is 0.0601. The fourth-order valence-electron chi connectivity index (χ4n) is 3.12. The van der Waals surface area contributed by atoms with Gasteiger partial charge >= 0.3 is 0 Å². The number of nitrogens with one attached hydrogen (secondary N) is 1. The third-order valence-corrected chi connectivity index (χ3v) is 4.40. The molecule has 1 fully saturated rings. The second-order valence-electron chi connectivity index (χ2n) is 6.20. The van der Waals surface area contributed by atoms with Gasteiger partial charge < -0.3 is 15.0 Å². The second-order valence-corrected chi connectivity index (χ2v) is 6.20. The van der Waals surface area contributed by atoms with Gasteiger partial charge in [0.1, 0.15) is 5.75 Å². The van der Waals surface area contributed by atoms with Crippen LogP contribution < -0.4 is 15.0 Å². The average Bonchev–Trinajstić information content (AvgIpc) is 3.02. The molecule has 3 rings (SSSR count). The number of hydrogen-bond acceptors (Lipinski definition) is 3. The Morgan fingerprint density at radius 3 is 2.64 bits per heavy atom. The number of amides is 2. The molecule has 2 amide bonds. The van der Waals surface area contributed by atoms with E-state index in [2.05, 4.69) is 5.32 Å². The fraction of sp³-hybridized carbons (Fsp3) is 0.300. The summed E-state index contributed by atoms with van der Waals surface area (Å²) in [6.07, 6.45) is 0.733. The van der Waals surface area contributed by atoms with Gasteiger partial charge in [-0.3, -0.25) is 9.59 Å². The molecule has 0 aliphatic carbocycles. The Kier molecular flexibility index (Phi) is 5.33. The van der Waals surface area contributed by atoms with Crippen LogP contribution in [0.1, 0.15) is 12.0 Å². The zero-order valence-corrected chi connectivity index (χ0v) is 14.3. The summed E-state index contributed by atoms with van der Waals surface area (Å²) in [5, 5.41) is 2.94. The predicted octanol–water partition coefficient (Wildman–Crippen LogP) is 2.41. The van der Waals surface area contributed by atoms with Crippen molar-refractivity contribution < 1.29 is 14.3 Å². The minimum Gasteiger partial charge on any atom is -0.496 e. The Morgan fingerprint density at radius 1 is 1.16 bits per heavy atom. The highest BCUT2D eigenvalue weighted by Gasteiger charge is 2.30. The van der Waals surface area contributed by atoms with Crippen molar-refractivity contribution in [1.82, 2.24) is 5.32 Å². The Labute approximate surface area is 147 Å². The molecule has 0 spiro atoms. The molecule has 2 aromatic carbocycles. The molecular weight excluding hydrogens is 316 g/mol. The number of benzene rings is 2. The van der Waals surface area contributed by atoms with E-state index in [-0.39, 0.29) is 24.2 Å². The number of rotatable bonds is 6. The number of ether oxygens (including phenoxy) is 1. The van der Waals surface area contributed by atoms with Crippen molar-refractivity contribution in [3.05, 3.63) is 60.2 Å². The van der Waals surface area contributed by atoms with Gasteiger partial charge in [-0.15, -0.1) is 0 Å². The van der Waals surface area contributed by atoms with Crippen LogP contribution in [-0.2, 0) is 16.0 Å². The molecule has 1 atom stereocenters. The molecule has 1 heterocycles. The first-order chi connectivity index (χ1) is 12.2. The van der Waals surface area contributed by atoms with Crippen molar-refractivity contribution in [1.29, 1.82) is 0 Å². The van der Waals surface area contributed by atoms with Gasteiger partial charge in [-0.1, -0.05) is 36.4 Å². The van der Waals surface area contributed by atoms with Gasteiger partial charge in [-0.25, -0.2) is 0 Å². The normalized spacial score (nSPS) is 16.8. The first-order valence-electron chi connectivity index (χ1n) is 8.41. The van der Waals surface area contributed by atoms with Crippen molar-refractivity contribution in [2.75, 3.05) is 25.1 Å². The first-order valence-corrected chi connectivity index (χ1v) is 8.41. The molecule has 130 valence electrons. The number of nitrogens with zero attached hydrogens (tertiary/aromatic N) is 1. The van der Waals surface area contributed by atoms with E-state index >= 15 is 0 Å². The maximum atomic E-state index is 12.2. The van der Waals surface area contributed by atoms with E-state index in [1.807, 2.05) is 54.6 Å². The lowest BCUT2D eigenvalue weighted by Gasteiger charge is -2.17. The molecule has 0 bridgehead atoms. The van der Waals surface area contributed by atoms with Crippen LogP contribution in [0.5, 0.6) is 5.75 Å². The van der Waals surface area contributed by atoms with Crippen LogP contribution in [0.4, 0.5) is 5.69 Å². The molecule has 1 aliphatic heterocycles. The molecule has 0 saturated carbocycles. The molecule has 25 heavy (non-hydrogen) atoms. The van der Waals surface area contributed by atoms with E-state index < -0.39 is 0 Å². The number of anilines is 1. The number of hydrogen-bond donors (Lipinski definition) is 1. The Balaban J connectivity index is 1.52. The van der Waals surface area contributed by atoms with Crippen LogP contribution in [0.2, 0.25) is 0 Å². The highest BCUT2D eigenvalue weighted by Crippen LogP contribution is 2.24. The lowest BCUT2D eigenvalue weighted by Crippen LogP contribution is -2.32. The van der Waals surface area contributed by atoms with Crippen LogP contribution in [-0.4, -0.2) is 32.0 Å². The van der Waals surface area contributed by atoms with Crippen molar-refractivity contribution in [2.24, 2.45) is 5.92 Å². The summed E-state index contributed by atoms with van der Waals surface area (Å²) in [4.78, 5) is 26.2. The molecule has 0 radical (unpaired) electrons. The van der Waals surface area contributed by atoms with Gasteiger partial charge in [0.25, 0.3) is 0 Å². The fourth-order valence-corrected chi connectivity index (χ4v) is 3.12. The van der Waals surface area contributed by atoms with E-state index in [0.717, 1.165) is 11.3 Å². The van der Waals surface area contributed by atoms with E-state index in [4.69, 9.17) is 4.74 Å². The highest BCUT2D eigenvalue weighted by atomic mass is 16.5. The molecule has 5 heteroatoms. The zero-order valence-electron chi connectivity index (χ0n) is 14.3. The topological polar surface area (TPSA) is 58.6 Å². The van der Waals surface area contributed by atoms with Gasteiger partial charge in [0.05, 0.1) is 13.5 Å². The third-order valence-electron chi connectivity index (χ3n) is 4.40. The van der Waals surface area contributed by atoms with Crippen molar-refractivity contribution >= 4 is 17.5 Å². The SMILES string of the molecule is COc1ccccc1CC(=O)NCC1CC(=O)N(c2ccccc2)C1. The number of methoxy groups -OCH3 is 1. The quantitative estimate of drug-likeness (QED) is 0.880. The Hall–Kier alpha value is -2.82. The number of carbonyl (C=O) groups excluding carboxylic acids is 2. The van der Waals surface area contributed by atoms with Gasteiger partial charge in [0, 0.05) is 36.7 Å². The van der Waals surface area contributed by atoms with Gasteiger partial charge in [-0.05, 0) is 18.2 Å². The average molecular weight is 338 g/mol. The Bertz CT molecular complexity index is 746. The first kappa shape index (κ1) is 17.0. The lowest BCUT2D eigenvalue weighted by molar-refractivity contribution is -0.121. The summed E-state index contributed by atoms with van der Waals surface area (Å²) in [6, 6.07) is 17.1. The van der Waals surface area contributed by atoms with Crippen LogP contribution in [0.15, 0.2) is 54.6 Å². The van der Waals surface area contributed by atoms with Crippen LogP contribution in [0.3, 0.4) is 0 Å². The maximum Gasteiger partial charge on any atom is 0.227 e. The molecule has 1 aliphatic rings. The van der Waals surface area contributed by atoms with Crippen LogP contribution in [0, 0.1) is 5.92 Å². The van der Waals surface area contributed by atoms with Gasteiger partial charge in [0.2, 0.25) is 11.8 Å². The molecule has 1 saturated heterocycles. The monoisotopic (exact) mass is 338 g/mol. The number of carbonyl (C=O) groups is 2. The van der Waals surface area contributed by atoms with Crippen molar-refractivity contribution in [2.45, 2.75) is 12.8 Å². The molecule has 1 N–H and O–H groups in total. The standard InChI is InChI=1S/C20H22N2O3/c1-25-18-10-6-5-7-16(18)12-19(23)21-13-15-11-20(24)22(14-15)17-8-3-2-4-9-17/h2-10,15H,11-14H2,1H3,(H,21,23). The van der Waals surface area contributed by atoms with E-state index in [1.165, 1.54) is 0 Å². The highest BCUT2D eigenvalue weighted by molar-refractivity contribution is 5.95. The van der Waals surface area contributed by atoms with Crippen LogP contribution in [0.25, 0.3) is 0 Å². The summed E-state index contributed by atoms with van der Waals surface area (Å²) in [6.45, 7) is 1.14. The van der Waals surface area contributed by atoms with Crippen molar-refractivity contribution in [3.63, 3.8) is 0 Å². The minimum atomic E-state index is -0.0601. The van der Waals surface area contributed by atoms with Crippen molar-refractivity contribution in [3.8, 4) is 5.75 Å². The zero-order chi connectivity index (χ0) is 17.6. The second kappa shape index (κ2) is 7.83. The molecule has 0 aromatic heterocycles. The van der Waals surface area contributed by atoms with Gasteiger partial charge in [0.15, 0.2) is 0 Å². The number of para-hydroxylation sites is 2. The summed E-state index contributed by atoms with van der Waals surface area (Å²) in [7, 11) is 1.60. The molecule has 5 nitrogen and oxygen atoms in total. The summed E-state index contributed by atoms with van der Waals surface area (Å²) >= 11 is 0. The summed E-state index contributed by atoms with van der Waals surface area (Å²) in [5.74, 6) is 0.892. The van der Waals surface area contributed by atoms with Crippen LogP contribution >= 0.6 is 0 Å². The smallest absolute Gasteiger partial charge is 0.227 e. The predicted molar refractivity (Wildman–Crippen MR) is 96.6 cm³/mol. The molecule has 2 aromatic rings. The van der Waals surface area contributed by atoms with E-state index in [0.29, 0.717) is 25.3 Å². The molecular formula is C20H22N2O3. The maximum absolute atomic E-state index is 12.2.